The van der Waals surface area contributed by atoms with Crippen LogP contribution in [0.2, 0.25) is 0 Å². The number of sulfonamides is 1. The van der Waals surface area contributed by atoms with Crippen molar-refractivity contribution in [1.82, 2.24) is 4.72 Å². The second kappa shape index (κ2) is 8.59. The van der Waals surface area contributed by atoms with Gasteiger partial charge in [-0.25, -0.2) is 13.1 Å². The van der Waals surface area contributed by atoms with Crippen LogP contribution in [0.25, 0.3) is 0 Å². The predicted octanol–water partition coefficient (Wildman–Crippen LogP) is 2.90. The molecule has 0 unspecified atom stereocenters. The number of unbranched alkanes of at least 4 members (excludes halogenated alkanes) is 1. The van der Waals surface area contributed by atoms with Crippen LogP contribution in [0.1, 0.15) is 18.4 Å². The van der Waals surface area contributed by atoms with Gasteiger partial charge in [-0.3, -0.25) is 10.1 Å². The van der Waals surface area contributed by atoms with Crippen molar-refractivity contribution in [3.05, 3.63) is 64.2 Å². The lowest BCUT2D eigenvalue weighted by atomic mass is 10.1. The van der Waals surface area contributed by atoms with E-state index < -0.39 is 14.9 Å². The first-order chi connectivity index (χ1) is 11.9. The van der Waals surface area contributed by atoms with Gasteiger partial charge >= 0.3 is 5.69 Å². The lowest BCUT2D eigenvalue weighted by Crippen LogP contribution is -2.25. The number of benzene rings is 2. The predicted molar refractivity (Wildman–Crippen MR) is 94.2 cm³/mol. The Morgan fingerprint density at radius 3 is 2.48 bits per heavy atom. The molecule has 7 nitrogen and oxygen atoms in total. The molecule has 0 aliphatic heterocycles. The Balaban J connectivity index is 1.93. The van der Waals surface area contributed by atoms with Gasteiger partial charge in [0, 0.05) is 12.6 Å². The third-order valence-electron chi connectivity index (χ3n) is 3.68. The van der Waals surface area contributed by atoms with E-state index in [1.807, 2.05) is 30.3 Å². The average molecular weight is 364 g/mol. The van der Waals surface area contributed by atoms with Crippen LogP contribution in [-0.4, -0.2) is 27.0 Å². The largest absolute Gasteiger partial charge is 0.490 e. The van der Waals surface area contributed by atoms with Gasteiger partial charge in [0.1, 0.15) is 0 Å². The van der Waals surface area contributed by atoms with E-state index in [4.69, 9.17) is 4.74 Å². The molecule has 25 heavy (non-hydrogen) atoms. The summed E-state index contributed by atoms with van der Waals surface area (Å²) in [5, 5.41) is 11.0. The molecule has 0 amide bonds. The van der Waals surface area contributed by atoms with Gasteiger partial charge in [0.15, 0.2) is 5.75 Å². The van der Waals surface area contributed by atoms with Gasteiger partial charge in [-0.1, -0.05) is 30.3 Å². The zero-order valence-corrected chi connectivity index (χ0v) is 14.7. The summed E-state index contributed by atoms with van der Waals surface area (Å²) in [5.41, 5.74) is 0.825. The molecule has 0 bridgehead atoms. The molecule has 0 heterocycles. The third kappa shape index (κ3) is 5.27. The van der Waals surface area contributed by atoms with E-state index in [1.54, 1.807) is 0 Å². The van der Waals surface area contributed by atoms with Crippen LogP contribution >= 0.6 is 0 Å². The Morgan fingerprint density at radius 2 is 1.84 bits per heavy atom. The Morgan fingerprint density at radius 1 is 1.12 bits per heavy atom. The van der Waals surface area contributed by atoms with Crippen molar-refractivity contribution < 1.29 is 18.1 Å². The fraction of sp³-hybridized carbons (Fsp3) is 0.294. The number of nitrogens with one attached hydrogen (secondary N) is 1. The van der Waals surface area contributed by atoms with Crippen LogP contribution < -0.4 is 9.46 Å². The minimum Gasteiger partial charge on any atom is -0.490 e. The number of hydrogen-bond acceptors (Lipinski definition) is 5. The summed E-state index contributed by atoms with van der Waals surface area (Å²) in [4.78, 5) is 10.2. The van der Waals surface area contributed by atoms with Crippen LogP contribution in [0.5, 0.6) is 5.75 Å². The molecule has 0 radical (unpaired) electrons. The minimum absolute atomic E-state index is 0.0202. The van der Waals surface area contributed by atoms with E-state index >= 15 is 0 Å². The summed E-state index contributed by atoms with van der Waals surface area (Å²) in [7, 11) is -2.50. The molecule has 1 N–H and O–H groups in total. The van der Waals surface area contributed by atoms with Crippen LogP contribution in [0, 0.1) is 10.1 Å². The van der Waals surface area contributed by atoms with Gasteiger partial charge in [0.05, 0.1) is 16.9 Å². The molecular weight excluding hydrogens is 344 g/mol. The molecule has 0 spiro atoms. The maximum atomic E-state index is 12.3. The third-order valence-corrected chi connectivity index (χ3v) is 5.14. The number of hydrogen-bond donors (Lipinski definition) is 1. The van der Waals surface area contributed by atoms with Gasteiger partial charge in [-0.15, -0.1) is 0 Å². The van der Waals surface area contributed by atoms with Crippen LogP contribution in [-0.2, 0) is 16.4 Å². The molecule has 134 valence electrons. The van der Waals surface area contributed by atoms with Crippen molar-refractivity contribution in [3.8, 4) is 5.75 Å². The first kappa shape index (κ1) is 18.9. The fourth-order valence-electron chi connectivity index (χ4n) is 2.37. The molecule has 2 rings (SSSR count). The first-order valence-corrected chi connectivity index (χ1v) is 9.28. The molecular formula is C17H20N2O5S. The van der Waals surface area contributed by atoms with E-state index in [0.717, 1.165) is 18.9 Å². The molecule has 8 heteroatoms. The number of nitro benzene ring substituents is 1. The Hall–Kier alpha value is -2.45. The van der Waals surface area contributed by atoms with Gasteiger partial charge in [0.2, 0.25) is 10.0 Å². The lowest BCUT2D eigenvalue weighted by molar-refractivity contribution is -0.386. The summed E-state index contributed by atoms with van der Waals surface area (Å²) in [6.07, 6.45) is 2.39. The highest BCUT2D eigenvalue weighted by atomic mass is 32.2. The van der Waals surface area contributed by atoms with E-state index in [9.17, 15) is 18.5 Å². The van der Waals surface area contributed by atoms with E-state index in [2.05, 4.69) is 4.72 Å². The smallest absolute Gasteiger partial charge is 0.312 e. The van der Waals surface area contributed by atoms with Gasteiger partial charge in [-0.05, 0) is 37.0 Å². The zero-order valence-electron chi connectivity index (χ0n) is 13.8. The monoisotopic (exact) mass is 364 g/mol. The van der Waals surface area contributed by atoms with E-state index in [-0.39, 0.29) is 22.9 Å². The van der Waals surface area contributed by atoms with Gasteiger partial charge in [-0.2, -0.15) is 0 Å². The Labute approximate surface area is 146 Å². The molecule has 0 atom stereocenters. The van der Waals surface area contributed by atoms with Crippen LogP contribution in [0.4, 0.5) is 5.69 Å². The number of nitrogens with zero attached hydrogens (tertiary/aromatic N) is 1. The Bertz CT molecular complexity index is 822. The number of ether oxygens (including phenoxy) is 1. The summed E-state index contributed by atoms with van der Waals surface area (Å²) in [6, 6.07) is 13.5. The fourth-order valence-corrected chi connectivity index (χ4v) is 3.46. The van der Waals surface area contributed by atoms with E-state index in [1.165, 1.54) is 24.8 Å². The number of aryl methyl sites for hydroxylation is 1. The van der Waals surface area contributed by atoms with Crippen molar-refractivity contribution in [2.75, 3.05) is 13.7 Å². The second-order valence-corrected chi connectivity index (χ2v) is 7.20. The standard InChI is InChI=1S/C17H20N2O5S/c1-24-17-11-10-15(13-16(17)19(20)21)25(22,23)18-12-6-5-9-14-7-3-2-4-8-14/h2-4,7-8,10-11,13,18H,5-6,9,12H2,1H3. The van der Waals surface area contributed by atoms with Crippen molar-refractivity contribution in [2.45, 2.75) is 24.2 Å². The molecule has 0 aliphatic carbocycles. The second-order valence-electron chi connectivity index (χ2n) is 5.43. The molecule has 0 saturated carbocycles. The van der Waals surface area contributed by atoms with Crippen molar-refractivity contribution in [2.24, 2.45) is 0 Å². The normalized spacial score (nSPS) is 11.2. The highest BCUT2D eigenvalue weighted by Crippen LogP contribution is 2.29. The average Bonchev–Trinajstić information content (AvgIpc) is 2.61. The quantitative estimate of drug-likeness (QED) is 0.419. The topological polar surface area (TPSA) is 98.5 Å². The molecule has 0 aliphatic rings. The van der Waals surface area contributed by atoms with Gasteiger partial charge < -0.3 is 4.74 Å². The van der Waals surface area contributed by atoms with Crippen LogP contribution in [0.3, 0.4) is 0 Å². The maximum Gasteiger partial charge on any atom is 0.312 e. The minimum atomic E-state index is -3.80. The first-order valence-electron chi connectivity index (χ1n) is 7.80. The Kier molecular flexibility index (Phi) is 6.49. The highest BCUT2D eigenvalue weighted by molar-refractivity contribution is 7.89. The highest BCUT2D eigenvalue weighted by Gasteiger charge is 2.21. The van der Waals surface area contributed by atoms with Crippen molar-refractivity contribution >= 4 is 15.7 Å². The van der Waals surface area contributed by atoms with Crippen LogP contribution in [0.15, 0.2) is 53.4 Å². The van der Waals surface area contributed by atoms with Crippen molar-refractivity contribution in [3.63, 3.8) is 0 Å². The summed E-state index contributed by atoms with van der Waals surface area (Å²) >= 11 is 0. The van der Waals surface area contributed by atoms with Crippen molar-refractivity contribution in [1.29, 1.82) is 0 Å². The zero-order chi connectivity index (χ0) is 18.3. The van der Waals surface area contributed by atoms with Gasteiger partial charge in [0.25, 0.3) is 0 Å². The summed E-state index contributed by atoms with van der Waals surface area (Å²) < 4.78 is 31.9. The lowest BCUT2D eigenvalue weighted by Gasteiger charge is -2.08. The number of methoxy groups -OCH3 is 1. The molecule has 0 saturated heterocycles. The number of rotatable bonds is 9. The molecule has 2 aromatic rings. The molecule has 0 fully saturated rings. The summed E-state index contributed by atoms with van der Waals surface area (Å²) in [5.74, 6) is 0.0202. The van der Waals surface area contributed by atoms with E-state index in [0.29, 0.717) is 6.42 Å². The SMILES string of the molecule is COc1ccc(S(=O)(=O)NCCCCc2ccccc2)cc1[N+](=O)[O-]. The molecule has 0 aromatic heterocycles. The summed E-state index contributed by atoms with van der Waals surface area (Å²) in [6.45, 7) is 0.273. The molecule has 2 aromatic carbocycles. The maximum absolute atomic E-state index is 12.3. The number of nitro groups is 1.